The highest BCUT2D eigenvalue weighted by Gasteiger charge is 2.20. The molecule has 110 valence electrons. The Bertz CT molecular complexity index is 332. The van der Waals surface area contributed by atoms with Gasteiger partial charge in [-0.2, -0.15) is 5.10 Å². The molecule has 0 saturated heterocycles. The van der Waals surface area contributed by atoms with E-state index in [9.17, 15) is 0 Å². The SMILES string of the molecule is CCCC(OCC)C(CCc1cnn(C)c1)NCC. The van der Waals surface area contributed by atoms with Crippen molar-refractivity contribution in [1.29, 1.82) is 0 Å². The molecule has 4 heteroatoms. The highest BCUT2D eigenvalue weighted by molar-refractivity contribution is 5.04. The zero-order chi connectivity index (χ0) is 14.1. The summed E-state index contributed by atoms with van der Waals surface area (Å²) in [6.45, 7) is 8.24. The predicted molar refractivity (Wildman–Crippen MR) is 79.3 cm³/mol. The third kappa shape index (κ3) is 5.74. The molecule has 0 bridgehead atoms. The minimum absolute atomic E-state index is 0.326. The first-order valence-corrected chi connectivity index (χ1v) is 7.53. The summed E-state index contributed by atoms with van der Waals surface area (Å²) in [5, 5.41) is 7.80. The van der Waals surface area contributed by atoms with E-state index in [0.717, 1.165) is 32.4 Å². The van der Waals surface area contributed by atoms with Gasteiger partial charge in [-0.15, -0.1) is 0 Å². The summed E-state index contributed by atoms with van der Waals surface area (Å²) in [4.78, 5) is 0. The van der Waals surface area contributed by atoms with Gasteiger partial charge in [-0.25, -0.2) is 0 Å². The zero-order valence-electron chi connectivity index (χ0n) is 12.9. The fourth-order valence-electron chi connectivity index (χ4n) is 2.50. The maximum Gasteiger partial charge on any atom is 0.0727 e. The molecule has 0 amide bonds. The molecule has 0 fully saturated rings. The van der Waals surface area contributed by atoms with Crippen LogP contribution in [0.3, 0.4) is 0 Å². The van der Waals surface area contributed by atoms with Crippen molar-refractivity contribution in [1.82, 2.24) is 15.1 Å². The van der Waals surface area contributed by atoms with Gasteiger partial charge in [0.2, 0.25) is 0 Å². The third-order valence-electron chi connectivity index (χ3n) is 3.37. The highest BCUT2D eigenvalue weighted by atomic mass is 16.5. The topological polar surface area (TPSA) is 39.1 Å². The Labute approximate surface area is 117 Å². The van der Waals surface area contributed by atoms with Gasteiger partial charge in [0.25, 0.3) is 0 Å². The molecule has 2 atom stereocenters. The molecule has 0 radical (unpaired) electrons. The van der Waals surface area contributed by atoms with Gasteiger partial charge in [-0.3, -0.25) is 4.68 Å². The van der Waals surface area contributed by atoms with Crippen molar-refractivity contribution in [3.05, 3.63) is 18.0 Å². The maximum atomic E-state index is 5.91. The molecule has 1 heterocycles. The van der Waals surface area contributed by atoms with E-state index < -0.39 is 0 Å². The monoisotopic (exact) mass is 267 g/mol. The van der Waals surface area contributed by atoms with Crippen molar-refractivity contribution < 1.29 is 4.74 Å². The number of rotatable bonds is 10. The number of nitrogens with zero attached hydrogens (tertiary/aromatic N) is 2. The normalized spacial score (nSPS) is 14.5. The summed E-state index contributed by atoms with van der Waals surface area (Å²) in [5.74, 6) is 0. The van der Waals surface area contributed by atoms with E-state index in [1.54, 1.807) is 0 Å². The largest absolute Gasteiger partial charge is 0.377 e. The zero-order valence-corrected chi connectivity index (χ0v) is 12.9. The Hall–Kier alpha value is -0.870. The van der Waals surface area contributed by atoms with E-state index in [2.05, 4.69) is 37.4 Å². The van der Waals surface area contributed by atoms with E-state index in [1.807, 2.05) is 17.9 Å². The molecular weight excluding hydrogens is 238 g/mol. The summed E-state index contributed by atoms with van der Waals surface area (Å²) < 4.78 is 7.77. The van der Waals surface area contributed by atoms with Crippen molar-refractivity contribution in [3.8, 4) is 0 Å². The van der Waals surface area contributed by atoms with Crippen molar-refractivity contribution in [2.75, 3.05) is 13.2 Å². The second-order valence-corrected chi connectivity index (χ2v) is 5.01. The van der Waals surface area contributed by atoms with Gasteiger partial charge >= 0.3 is 0 Å². The lowest BCUT2D eigenvalue weighted by Gasteiger charge is -2.27. The van der Waals surface area contributed by atoms with Crippen LogP contribution in [0.2, 0.25) is 0 Å². The summed E-state index contributed by atoms with van der Waals surface area (Å²) in [6.07, 6.45) is 8.82. The van der Waals surface area contributed by atoms with Gasteiger partial charge in [0.15, 0.2) is 0 Å². The van der Waals surface area contributed by atoms with Crippen LogP contribution in [-0.2, 0) is 18.2 Å². The van der Waals surface area contributed by atoms with Gasteiger partial charge in [-0.05, 0) is 38.3 Å². The van der Waals surface area contributed by atoms with Crippen molar-refractivity contribution in [2.45, 2.75) is 58.6 Å². The Morgan fingerprint density at radius 3 is 2.63 bits per heavy atom. The molecule has 19 heavy (non-hydrogen) atoms. The molecule has 0 spiro atoms. The average molecular weight is 267 g/mol. The lowest BCUT2D eigenvalue weighted by Crippen LogP contribution is -2.41. The summed E-state index contributed by atoms with van der Waals surface area (Å²) in [7, 11) is 1.96. The predicted octanol–water partition coefficient (Wildman–Crippen LogP) is 2.54. The molecule has 1 rings (SSSR count). The molecule has 1 aromatic heterocycles. The summed E-state index contributed by atoms with van der Waals surface area (Å²) in [6, 6.07) is 0.435. The van der Waals surface area contributed by atoms with Gasteiger partial charge in [0, 0.05) is 25.9 Å². The summed E-state index contributed by atoms with van der Waals surface area (Å²) in [5.41, 5.74) is 1.30. The highest BCUT2D eigenvalue weighted by Crippen LogP contribution is 2.13. The number of aryl methyl sites for hydroxylation is 2. The third-order valence-corrected chi connectivity index (χ3v) is 3.37. The van der Waals surface area contributed by atoms with Crippen LogP contribution in [0.25, 0.3) is 0 Å². The van der Waals surface area contributed by atoms with Crippen LogP contribution < -0.4 is 5.32 Å². The van der Waals surface area contributed by atoms with Gasteiger partial charge in [-0.1, -0.05) is 20.3 Å². The minimum atomic E-state index is 0.326. The van der Waals surface area contributed by atoms with Gasteiger partial charge in [0.05, 0.1) is 12.3 Å². The first kappa shape index (κ1) is 16.2. The molecule has 0 aromatic carbocycles. The molecule has 0 aliphatic rings. The second kappa shape index (κ2) is 9.10. The van der Waals surface area contributed by atoms with Crippen LogP contribution in [0, 0.1) is 0 Å². The second-order valence-electron chi connectivity index (χ2n) is 5.01. The first-order chi connectivity index (χ1) is 9.21. The van der Waals surface area contributed by atoms with E-state index in [-0.39, 0.29) is 0 Å². The maximum absolute atomic E-state index is 5.91. The van der Waals surface area contributed by atoms with Crippen molar-refractivity contribution in [2.24, 2.45) is 7.05 Å². The number of nitrogens with one attached hydrogen (secondary N) is 1. The fourth-order valence-corrected chi connectivity index (χ4v) is 2.50. The van der Waals surface area contributed by atoms with Crippen LogP contribution >= 0.6 is 0 Å². The van der Waals surface area contributed by atoms with Crippen LogP contribution in [-0.4, -0.2) is 35.1 Å². The van der Waals surface area contributed by atoms with Gasteiger partial charge in [0.1, 0.15) is 0 Å². The Morgan fingerprint density at radius 2 is 2.11 bits per heavy atom. The van der Waals surface area contributed by atoms with Crippen LogP contribution in [0.4, 0.5) is 0 Å². The molecule has 0 saturated carbocycles. The molecular formula is C15H29N3O. The van der Waals surface area contributed by atoms with E-state index >= 15 is 0 Å². The number of aromatic nitrogens is 2. The number of ether oxygens (including phenoxy) is 1. The smallest absolute Gasteiger partial charge is 0.0727 e. The minimum Gasteiger partial charge on any atom is -0.377 e. The van der Waals surface area contributed by atoms with Crippen LogP contribution in [0.5, 0.6) is 0 Å². The first-order valence-electron chi connectivity index (χ1n) is 7.53. The Kier molecular flexibility index (Phi) is 7.75. The fraction of sp³-hybridized carbons (Fsp3) is 0.800. The number of hydrogen-bond acceptors (Lipinski definition) is 3. The molecule has 1 N–H and O–H groups in total. The van der Waals surface area contributed by atoms with E-state index in [4.69, 9.17) is 4.74 Å². The molecule has 1 aromatic rings. The number of likely N-dealkylation sites (N-methyl/N-ethyl adjacent to an activating group) is 1. The van der Waals surface area contributed by atoms with Crippen LogP contribution in [0.15, 0.2) is 12.4 Å². The molecule has 2 unspecified atom stereocenters. The van der Waals surface area contributed by atoms with Crippen molar-refractivity contribution >= 4 is 0 Å². The molecule has 4 nitrogen and oxygen atoms in total. The lowest BCUT2D eigenvalue weighted by molar-refractivity contribution is 0.0264. The molecule has 0 aliphatic heterocycles. The summed E-state index contributed by atoms with van der Waals surface area (Å²) >= 11 is 0. The lowest BCUT2D eigenvalue weighted by atomic mass is 9.99. The number of hydrogen-bond donors (Lipinski definition) is 1. The molecule has 0 aliphatic carbocycles. The van der Waals surface area contributed by atoms with Crippen LogP contribution in [0.1, 0.15) is 45.6 Å². The van der Waals surface area contributed by atoms with E-state index in [0.29, 0.717) is 12.1 Å². The Morgan fingerprint density at radius 1 is 1.32 bits per heavy atom. The Balaban J connectivity index is 2.53. The average Bonchev–Trinajstić information content (AvgIpc) is 2.80. The van der Waals surface area contributed by atoms with Gasteiger partial charge < -0.3 is 10.1 Å². The van der Waals surface area contributed by atoms with E-state index in [1.165, 1.54) is 12.0 Å². The van der Waals surface area contributed by atoms with Crippen molar-refractivity contribution in [3.63, 3.8) is 0 Å². The quantitative estimate of drug-likeness (QED) is 0.708. The standard InChI is InChI=1S/C15H29N3O/c1-5-8-15(19-7-3)14(16-6-2)10-9-13-11-17-18(4)12-13/h11-12,14-16H,5-10H2,1-4H3.